The van der Waals surface area contributed by atoms with Crippen molar-refractivity contribution in [1.29, 1.82) is 0 Å². The maximum Gasteiger partial charge on any atom is 1.00 e. The van der Waals surface area contributed by atoms with Crippen LogP contribution in [0.1, 0.15) is 1.43 Å². The molecule has 0 aliphatic rings. The second-order valence-corrected chi connectivity index (χ2v) is 2.74. The van der Waals surface area contributed by atoms with Crippen molar-refractivity contribution in [2.75, 3.05) is 34.3 Å². The fraction of sp³-hybridized carbons (Fsp3) is 1.00. The quantitative estimate of drug-likeness (QED) is 0.307. The molecule has 3 heteroatoms. The topological polar surface area (TPSA) is 20.2 Å². The Morgan fingerprint density at radius 1 is 1.38 bits per heavy atom. The van der Waals surface area contributed by atoms with E-state index in [1.807, 2.05) is 0 Å². The van der Waals surface area contributed by atoms with E-state index in [0.29, 0.717) is 0 Å². The first-order valence-corrected chi connectivity index (χ1v) is 2.47. The summed E-state index contributed by atoms with van der Waals surface area (Å²) in [5.74, 6) is 0. The minimum absolute atomic E-state index is 0. The van der Waals surface area contributed by atoms with Crippen molar-refractivity contribution >= 4 is 0 Å². The van der Waals surface area contributed by atoms with Crippen LogP contribution in [-0.2, 0) is 0 Å². The summed E-state index contributed by atoms with van der Waals surface area (Å²) in [6.45, 7) is 1.11. The van der Waals surface area contributed by atoms with Crippen LogP contribution in [0.4, 0.5) is 0 Å². The number of aliphatic hydroxyl groups is 1. The molecule has 0 saturated heterocycles. The number of hydrogen-bond donors (Lipinski definition) is 1. The SMILES string of the molecule is C[N+](C)(C)CCO.[H-].[Na+]. The van der Waals surface area contributed by atoms with Gasteiger partial charge in [-0.2, -0.15) is 0 Å². The van der Waals surface area contributed by atoms with Crippen molar-refractivity contribution in [3.63, 3.8) is 0 Å². The third-order valence-electron chi connectivity index (χ3n) is 0.771. The number of hydrogen-bond acceptors (Lipinski definition) is 1. The Labute approximate surface area is 74.9 Å². The number of nitrogens with zero attached hydrogens (tertiary/aromatic N) is 1. The molecule has 0 bridgehead atoms. The normalized spacial score (nSPS) is 10.5. The maximum atomic E-state index is 8.39. The summed E-state index contributed by atoms with van der Waals surface area (Å²) in [6.07, 6.45) is 0. The van der Waals surface area contributed by atoms with Crippen molar-refractivity contribution < 1.29 is 40.6 Å². The van der Waals surface area contributed by atoms with E-state index in [9.17, 15) is 0 Å². The van der Waals surface area contributed by atoms with E-state index in [1.54, 1.807) is 0 Å². The van der Waals surface area contributed by atoms with Gasteiger partial charge in [-0.05, 0) is 0 Å². The zero-order valence-corrected chi connectivity index (χ0v) is 8.31. The predicted molar refractivity (Wildman–Crippen MR) is 31.1 cm³/mol. The van der Waals surface area contributed by atoms with Gasteiger partial charge in [0.05, 0.1) is 27.7 Å². The van der Waals surface area contributed by atoms with E-state index in [2.05, 4.69) is 21.1 Å². The van der Waals surface area contributed by atoms with E-state index in [0.717, 1.165) is 11.0 Å². The molecule has 0 aromatic carbocycles. The fourth-order valence-corrected chi connectivity index (χ4v) is 0.300. The molecule has 0 aliphatic carbocycles. The van der Waals surface area contributed by atoms with E-state index in [-0.39, 0.29) is 37.6 Å². The molecule has 0 heterocycles. The van der Waals surface area contributed by atoms with E-state index >= 15 is 0 Å². The van der Waals surface area contributed by atoms with Gasteiger partial charge in [0.25, 0.3) is 0 Å². The fourth-order valence-electron chi connectivity index (χ4n) is 0.300. The summed E-state index contributed by atoms with van der Waals surface area (Å²) < 4.78 is 0.844. The van der Waals surface area contributed by atoms with Gasteiger partial charge >= 0.3 is 29.6 Å². The van der Waals surface area contributed by atoms with Gasteiger partial charge in [-0.15, -0.1) is 0 Å². The van der Waals surface area contributed by atoms with Gasteiger partial charge in [0.1, 0.15) is 6.54 Å². The van der Waals surface area contributed by atoms with Crippen LogP contribution in [-0.4, -0.2) is 43.9 Å². The second kappa shape index (κ2) is 4.77. The van der Waals surface area contributed by atoms with Crippen LogP contribution in [0.2, 0.25) is 0 Å². The van der Waals surface area contributed by atoms with Crippen molar-refractivity contribution in [3.8, 4) is 0 Å². The van der Waals surface area contributed by atoms with Gasteiger partial charge in [0, 0.05) is 0 Å². The Balaban J connectivity index is -0.000000180. The van der Waals surface area contributed by atoms with Crippen molar-refractivity contribution in [2.24, 2.45) is 0 Å². The van der Waals surface area contributed by atoms with Crippen LogP contribution < -0.4 is 29.6 Å². The number of rotatable bonds is 2. The van der Waals surface area contributed by atoms with Crippen molar-refractivity contribution in [1.82, 2.24) is 0 Å². The van der Waals surface area contributed by atoms with E-state index < -0.39 is 0 Å². The van der Waals surface area contributed by atoms with E-state index in [1.165, 1.54) is 0 Å². The molecular weight excluding hydrogens is 113 g/mol. The van der Waals surface area contributed by atoms with Gasteiger partial charge in [-0.1, -0.05) is 0 Å². The molecule has 8 heavy (non-hydrogen) atoms. The van der Waals surface area contributed by atoms with Crippen LogP contribution in [0.3, 0.4) is 0 Å². The Kier molecular flexibility index (Phi) is 6.96. The van der Waals surface area contributed by atoms with Gasteiger partial charge in [-0.3, -0.25) is 0 Å². The Bertz CT molecular complexity index is 55.4. The zero-order chi connectivity index (χ0) is 5.91. The summed E-state index contributed by atoms with van der Waals surface area (Å²) in [5, 5.41) is 8.39. The monoisotopic (exact) mass is 128 g/mol. The summed E-state index contributed by atoms with van der Waals surface area (Å²) in [4.78, 5) is 0. The number of quaternary nitrogens is 1. The molecule has 0 atom stereocenters. The summed E-state index contributed by atoms with van der Waals surface area (Å²) in [5.41, 5.74) is 0. The zero-order valence-electron chi connectivity index (χ0n) is 7.31. The smallest absolute Gasteiger partial charge is 1.00 e. The minimum Gasteiger partial charge on any atom is -1.00 e. The molecule has 0 aromatic rings. The molecular formula is C5H15NNaO+. The Morgan fingerprint density at radius 2 is 1.75 bits per heavy atom. The molecule has 2 nitrogen and oxygen atoms in total. The van der Waals surface area contributed by atoms with Crippen molar-refractivity contribution in [3.05, 3.63) is 0 Å². The Hall–Kier alpha value is 0.920. The molecule has 0 aromatic heterocycles. The van der Waals surface area contributed by atoms with Crippen molar-refractivity contribution in [2.45, 2.75) is 0 Å². The summed E-state index contributed by atoms with van der Waals surface area (Å²) in [7, 11) is 6.16. The van der Waals surface area contributed by atoms with Crippen LogP contribution in [0.25, 0.3) is 0 Å². The maximum absolute atomic E-state index is 8.39. The third kappa shape index (κ3) is 10.0. The third-order valence-corrected chi connectivity index (χ3v) is 0.771. The second-order valence-electron chi connectivity index (χ2n) is 2.74. The average Bonchev–Trinajstić information content (AvgIpc) is 1.30. The average molecular weight is 128 g/mol. The summed E-state index contributed by atoms with van der Waals surface area (Å²) >= 11 is 0. The molecule has 46 valence electrons. The molecule has 0 radical (unpaired) electrons. The molecule has 1 N–H and O–H groups in total. The predicted octanol–water partition coefficient (Wildman–Crippen LogP) is -3.20. The van der Waals surface area contributed by atoms with Gasteiger partial charge < -0.3 is 11.0 Å². The molecule has 0 aliphatic heterocycles. The first-order chi connectivity index (χ1) is 3.06. The van der Waals surface area contributed by atoms with Crippen LogP contribution in [0.15, 0.2) is 0 Å². The van der Waals surface area contributed by atoms with Gasteiger partial charge in [0.15, 0.2) is 0 Å². The molecule has 0 spiro atoms. The number of aliphatic hydroxyl groups excluding tert-OH is 1. The van der Waals surface area contributed by atoms with E-state index in [4.69, 9.17) is 5.11 Å². The molecule has 0 amide bonds. The van der Waals surface area contributed by atoms with Gasteiger partial charge in [0.2, 0.25) is 0 Å². The first-order valence-electron chi connectivity index (χ1n) is 2.47. The first kappa shape index (κ1) is 11.7. The van der Waals surface area contributed by atoms with Crippen LogP contribution >= 0.6 is 0 Å². The standard InChI is InChI=1S/C5H14NO.Na.H/c1-6(2,3)4-5-7;;/h7H,4-5H2,1-3H3;;/q2*+1;-1. The number of likely N-dealkylation sites (N-methyl/N-ethyl adjacent to an activating group) is 1. The van der Waals surface area contributed by atoms with Crippen LogP contribution in [0, 0.1) is 0 Å². The van der Waals surface area contributed by atoms with Gasteiger partial charge in [-0.25, -0.2) is 0 Å². The molecule has 0 saturated carbocycles. The molecule has 0 fully saturated rings. The minimum atomic E-state index is 0. The molecule has 0 unspecified atom stereocenters. The molecule has 0 rings (SSSR count). The van der Waals surface area contributed by atoms with Crippen LogP contribution in [0.5, 0.6) is 0 Å². The largest absolute Gasteiger partial charge is 1.00 e. The summed E-state index contributed by atoms with van der Waals surface area (Å²) in [6, 6.07) is 0. The Morgan fingerprint density at radius 3 is 1.75 bits per heavy atom.